The van der Waals surface area contributed by atoms with Crippen LogP contribution in [0.4, 0.5) is 0 Å². The zero-order valence-corrected chi connectivity index (χ0v) is 12.6. The summed E-state index contributed by atoms with van der Waals surface area (Å²) in [5.41, 5.74) is 1.94. The minimum Gasteiger partial charge on any atom is -0.548 e. The fourth-order valence-corrected chi connectivity index (χ4v) is 3.22. The molecule has 1 aliphatic rings. The molecule has 20 heavy (non-hydrogen) atoms. The van der Waals surface area contributed by atoms with Crippen molar-refractivity contribution >= 4 is 46.3 Å². The number of nitrogens with zero attached hydrogens (tertiary/aromatic N) is 1. The highest BCUT2D eigenvalue weighted by Crippen LogP contribution is 2.34. The smallest absolute Gasteiger partial charge is 0.266 e. The minimum absolute atomic E-state index is 0.242. The van der Waals surface area contributed by atoms with Crippen LogP contribution in [-0.4, -0.2) is 27.1 Å². The van der Waals surface area contributed by atoms with Crippen LogP contribution in [0, 0.1) is 6.92 Å². The quantitative estimate of drug-likeness (QED) is 0.623. The molecule has 1 aromatic rings. The molecule has 4 nitrogen and oxygen atoms in total. The van der Waals surface area contributed by atoms with Gasteiger partial charge in [0.2, 0.25) is 0 Å². The van der Waals surface area contributed by atoms with Crippen molar-refractivity contribution in [2.24, 2.45) is 0 Å². The highest BCUT2D eigenvalue weighted by Gasteiger charge is 2.35. The molecule has 0 N–H and O–H groups in total. The molecule has 1 amide bonds. The van der Waals surface area contributed by atoms with E-state index in [1.807, 2.05) is 31.2 Å². The fourth-order valence-electron chi connectivity index (χ4n) is 1.81. The van der Waals surface area contributed by atoms with E-state index in [0.29, 0.717) is 4.91 Å². The molecule has 1 atom stereocenters. The first-order valence-electron chi connectivity index (χ1n) is 5.95. The summed E-state index contributed by atoms with van der Waals surface area (Å²) in [5.74, 6) is -1.71. The van der Waals surface area contributed by atoms with Crippen molar-refractivity contribution in [1.82, 2.24) is 4.90 Å². The van der Waals surface area contributed by atoms with E-state index in [1.54, 1.807) is 6.08 Å². The van der Waals surface area contributed by atoms with Crippen LogP contribution in [0.3, 0.4) is 0 Å². The van der Waals surface area contributed by atoms with Crippen LogP contribution < -0.4 is 5.11 Å². The van der Waals surface area contributed by atoms with Gasteiger partial charge in [0.15, 0.2) is 0 Å². The lowest BCUT2D eigenvalue weighted by molar-refractivity contribution is -0.309. The van der Waals surface area contributed by atoms with Crippen molar-refractivity contribution in [3.8, 4) is 0 Å². The standard InChI is InChI=1S/C14H13NO3S2/c1-8-5-3-4-6-10(8)7-11-12(16)15(14(19)20-11)9(2)13(17)18/h3-7,9H,1-2H3,(H,17,18)/p-1/b11-7-/t9-/m1/s1. The summed E-state index contributed by atoms with van der Waals surface area (Å²) in [6, 6.07) is 6.56. The zero-order chi connectivity index (χ0) is 14.9. The van der Waals surface area contributed by atoms with Gasteiger partial charge in [-0.25, -0.2) is 0 Å². The molecule has 1 aliphatic heterocycles. The number of aryl methyl sites for hydroxylation is 1. The van der Waals surface area contributed by atoms with Crippen LogP contribution in [0.5, 0.6) is 0 Å². The number of carboxylic acids is 1. The van der Waals surface area contributed by atoms with Gasteiger partial charge in [0, 0.05) is 0 Å². The Morgan fingerprint density at radius 1 is 1.45 bits per heavy atom. The SMILES string of the molecule is Cc1ccccc1/C=C1\SC(=S)N([C@H](C)C(=O)[O-])C1=O. The Morgan fingerprint density at radius 3 is 2.70 bits per heavy atom. The lowest BCUT2D eigenvalue weighted by Crippen LogP contribution is -2.48. The molecule has 1 heterocycles. The molecule has 0 spiro atoms. The first-order valence-corrected chi connectivity index (χ1v) is 7.18. The first-order chi connectivity index (χ1) is 9.41. The van der Waals surface area contributed by atoms with Crippen LogP contribution in [0.2, 0.25) is 0 Å². The van der Waals surface area contributed by atoms with Crippen molar-refractivity contribution in [3.05, 3.63) is 40.3 Å². The molecule has 6 heteroatoms. The molecular formula is C14H12NO3S2-. The van der Waals surface area contributed by atoms with E-state index in [-0.39, 0.29) is 10.2 Å². The molecule has 0 unspecified atom stereocenters. The van der Waals surface area contributed by atoms with Gasteiger partial charge < -0.3 is 9.90 Å². The Labute approximate surface area is 126 Å². The molecule has 104 valence electrons. The molecule has 1 fully saturated rings. The van der Waals surface area contributed by atoms with Gasteiger partial charge in [-0.2, -0.15) is 0 Å². The molecule has 0 aliphatic carbocycles. The second-order valence-corrected chi connectivity index (χ2v) is 6.08. The molecule has 0 aromatic heterocycles. The van der Waals surface area contributed by atoms with E-state index >= 15 is 0 Å². The predicted molar refractivity (Wildman–Crippen MR) is 80.7 cm³/mol. The maximum atomic E-state index is 12.2. The number of amides is 1. The van der Waals surface area contributed by atoms with E-state index in [2.05, 4.69) is 0 Å². The fraction of sp³-hybridized carbons (Fsp3) is 0.214. The monoisotopic (exact) mass is 306 g/mol. The molecule has 1 saturated heterocycles. The summed E-state index contributed by atoms with van der Waals surface area (Å²) in [4.78, 5) is 24.6. The van der Waals surface area contributed by atoms with Gasteiger partial charge in [0.25, 0.3) is 5.91 Å². The number of hydrogen-bond acceptors (Lipinski definition) is 5. The van der Waals surface area contributed by atoms with Crippen LogP contribution >= 0.6 is 24.0 Å². The Kier molecular flexibility index (Phi) is 4.25. The molecule has 0 radical (unpaired) electrons. The molecule has 0 saturated carbocycles. The van der Waals surface area contributed by atoms with Gasteiger partial charge >= 0.3 is 0 Å². The van der Waals surface area contributed by atoms with Gasteiger partial charge in [-0.3, -0.25) is 9.69 Å². The van der Waals surface area contributed by atoms with Gasteiger partial charge in [0.05, 0.1) is 16.9 Å². The average Bonchev–Trinajstić information content (AvgIpc) is 2.66. The number of aliphatic carboxylic acids is 1. The lowest BCUT2D eigenvalue weighted by Gasteiger charge is -2.23. The predicted octanol–water partition coefficient (Wildman–Crippen LogP) is 1.33. The summed E-state index contributed by atoms with van der Waals surface area (Å²) < 4.78 is 0.242. The van der Waals surface area contributed by atoms with Gasteiger partial charge in [0.1, 0.15) is 4.32 Å². The third-order valence-electron chi connectivity index (χ3n) is 3.03. The number of thiocarbonyl (C=S) groups is 1. The number of hydrogen-bond donors (Lipinski definition) is 0. The topological polar surface area (TPSA) is 60.4 Å². The number of carbonyl (C=O) groups is 2. The average molecular weight is 306 g/mol. The van der Waals surface area contributed by atoms with E-state index in [0.717, 1.165) is 27.8 Å². The molecule has 2 rings (SSSR count). The number of benzene rings is 1. The normalized spacial score (nSPS) is 18.7. The lowest BCUT2D eigenvalue weighted by atomic mass is 10.1. The Bertz CT molecular complexity index is 625. The van der Waals surface area contributed by atoms with Crippen molar-refractivity contribution in [1.29, 1.82) is 0 Å². The van der Waals surface area contributed by atoms with Crippen molar-refractivity contribution in [2.75, 3.05) is 0 Å². The first kappa shape index (κ1) is 14.7. The van der Waals surface area contributed by atoms with Crippen LogP contribution in [-0.2, 0) is 9.59 Å². The van der Waals surface area contributed by atoms with Gasteiger partial charge in [-0.1, -0.05) is 48.2 Å². The van der Waals surface area contributed by atoms with Gasteiger partial charge in [-0.15, -0.1) is 0 Å². The largest absolute Gasteiger partial charge is 0.548 e. The van der Waals surface area contributed by atoms with E-state index in [9.17, 15) is 14.7 Å². The van der Waals surface area contributed by atoms with Crippen molar-refractivity contribution in [2.45, 2.75) is 19.9 Å². The number of carboxylic acid groups (broad SMARTS) is 1. The van der Waals surface area contributed by atoms with E-state index in [4.69, 9.17) is 12.2 Å². The highest BCUT2D eigenvalue weighted by molar-refractivity contribution is 8.26. The maximum Gasteiger partial charge on any atom is 0.266 e. The van der Waals surface area contributed by atoms with E-state index < -0.39 is 12.0 Å². The Hall–Kier alpha value is -1.66. The maximum absolute atomic E-state index is 12.2. The third kappa shape index (κ3) is 2.76. The molecular weight excluding hydrogens is 294 g/mol. The Morgan fingerprint density at radius 2 is 2.10 bits per heavy atom. The van der Waals surface area contributed by atoms with Crippen LogP contribution in [0.1, 0.15) is 18.1 Å². The molecule has 1 aromatic carbocycles. The Balaban J connectivity index is 2.33. The number of rotatable bonds is 3. The van der Waals surface area contributed by atoms with Gasteiger partial charge in [-0.05, 0) is 31.1 Å². The molecule has 0 bridgehead atoms. The summed E-state index contributed by atoms with van der Waals surface area (Å²) in [5, 5.41) is 10.9. The summed E-state index contributed by atoms with van der Waals surface area (Å²) >= 11 is 6.18. The van der Waals surface area contributed by atoms with E-state index in [1.165, 1.54) is 6.92 Å². The highest BCUT2D eigenvalue weighted by atomic mass is 32.2. The zero-order valence-electron chi connectivity index (χ0n) is 11.0. The third-order valence-corrected chi connectivity index (χ3v) is 4.36. The number of thioether (sulfide) groups is 1. The second-order valence-electron chi connectivity index (χ2n) is 4.40. The summed E-state index contributed by atoms with van der Waals surface area (Å²) in [6.45, 7) is 3.33. The summed E-state index contributed by atoms with van der Waals surface area (Å²) in [6.07, 6.45) is 1.73. The van der Waals surface area contributed by atoms with Crippen LogP contribution in [0.25, 0.3) is 6.08 Å². The van der Waals surface area contributed by atoms with Crippen molar-refractivity contribution in [3.63, 3.8) is 0 Å². The van der Waals surface area contributed by atoms with Crippen molar-refractivity contribution < 1.29 is 14.7 Å². The second kappa shape index (κ2) is 5.76. The number of carbonyl (C=O) groups excluding carboxylic acids is 2. The van der Waals surface area contributed by atoms with Crippen LogP contribution in [0.15, 0.2) is 29.2 Å². The minimum atomic E-state index is -1.32. The summed E-state index contributed by atoms with van der Waals surface area (Å²) in [7, 11) is 0.